The molecule has 3 atom stereocenters. The van der Waals surface area contributed by atoms with E-state index in [1.54, 1.807) is 4.68 Å². The van der Waals surface area contributed by atoms with Gasteiger partial charge in [-0.15, -0.1) is 5.10 Å². The molecular formula is C19H26N4O2S. The van der Waals surface area contributed by atoms with Crippen LogP contribution in [-0.2, 0) is 9.53 Å². The van der Waals surface area contributed by atoms with Gasteiger partial charge < -0.3 is 4.74 Å². The average molecular weight is 375 g/mol. The van der Waals surface area contributed by atoms with E-state index in [4.69, 9.17) is 4.74 Å². The topological polar surface area (TPSA) is 69.9 Å². The van der Waals surface area contributed by atoms with Crippen molar-refractivity contribution in [2.45, 2.75) is 51.3 Å². The van der Waals surface area contributed by atoms with Gasteiger partial charge in [0.05, 0.1) is 11.4 Å². The van der Waals surface area contributed by atoms with Crippen LogP contribution in [0.25, 0.3) is 5.69 Å². The summed E-state index contributed by atoms with van der Waals surface area (Å²) in [5.74, 6) is 1.61. The van der Waals surface area contributed by atoms with Gasteiger partial charge in [0.15, 0.2) is 0 Å². The van der Waals surface area contributed by atoms with E-state index in [1.807, 2.05) is 30.3 Å². The van der Waals surface area contributed by atoms with Crippen LogP contribution in [0.2, 0.25) is 0 Å². The smallest absolute Gasteiger partial charge is 0.316 e. The first-order valence-electron chi connectivity index (χ1n) is 9.20. The molecule has 1 saturated carbocycles. The van der Waals surface area contributed by atoms with Crippen molar-refractivity contribution in [1.82, 2.24) is 20.2 Å². The summed E-state index contributed by atoms with van der Waals surface area (Å²) in [7, 11) is 0. The predicted molar refractivity (Wildman–Crippen MR) is 101 cm³/mol. The Morgan fingerprint density at radius 1 is 1.31 bits per heavy atom. The number of rotatable bonds is 6. The number of para-hydroxylation sites is 1. The van der Waals surface area contributed by atoms with E-state index in [-0.39, 0.29) is 17.8 Å². The second-order valence-corrected chi connectivity index (χ2v) is 8.29. The van der Waals surface area contributed by atoms with E-state index < -0.39 is 0 Å². The third-order valence-electron chi connectivity index (χ3n) is 5.00. The average Bonchev–Trinajstić information content (AvgIpc) is 3.09. The second-order valence-electron chi connectivity index (χ2n) is 7.35. The minimum Gasteiger partial charge on any atom is -0.461 e. The number of nitrogens with zero attached hydrogens (tertiary/aromatic N) is 4. The maximum absolute atomic E-state index is 12.4. The van der Waals surface area contributed by atoms with E-state index in [0.29, 0.717) is 22.9 Å². The first kappa shape index (κ1) is 18.9. The summed E-state index contributed by atoms with van der Waals surface area (Å²) in [4.78, 5) is 12.4. The van der Waals surface area contributed by atoms with E-state index in [9.17, 15) is 4.79 Å². The van der Waals surface area contributed by atoms with Crippen molar-refractivity contribution >= 4 is 17.7 Å². The Morgan fingerprint density at radius 2 is 2.08 bits per heavy atom. The van der Waals surface area contributed by atoms with Crippen molar-refractivity contribution in [1.29, 1.82) is 0 Å². The van der Waals surface area contributed by atoms with E-state index >= 15 is 0 Å². The SMILES string of the molecule is CC(C)[C@H]1CC[C@@H](C)C[C@H]1OC(=O)CSc1nnnn1-c1ccccc1. The van der Waals surface area contributed by atoms with Crippen LogP contribution in [0, 0.1) is 17.8 Å². The number of carbonyl (C=O) groups excluding carboxylic acids is 1. The maximum atomic E-state index is 12.4. The summed E-state index contributed by atoms with van der Waals surface area (Å²) in [5.41, 5.74) is 0.870. The zero-order valence-corrected chi connectivity index (χ0v) is 16.4. The highest BCUT2D eigenvalue weighted by Gasteiger charge is 2.33. The lowest BCUT2D eigenvalue weighted by molar-refractivity contribution is -0.152. The molecule has 3 rings (SSSR count). The van der Waals surface area contributed by atoms with Crippen molar-refractivity contribution in [2.75, 3.05) is 5.75 Å². The van der Waals surface area contributed by atoms with Gasteiger partial charge in [-0.3, -0.25) is 4.79 Å². The van der Waals surface area contributed by atoms with Crippen molar-refractivity contribution in [3.05, 3.63) is 30.3 Å². The maximum Gasteiger partial charge on any atom is 0.316 e. The Hall–Kier alpha value is -1.89. The van der Waals surface area contributed by atoms with Crippen LogP contribution in [0.15, 0.2) is 35.5 Å². The van der Waals surface area contributed by atoms with Crippen LogP contribution in [0.3, 0.4) is 0 Å². The molecule has 0 unspecified atom stereocenters. The molecule has 0 aliphatic heterocycles. The lowest BCUT2D eigenvalue weighted by atomic mass is 9.75. The van der Waals surface area contributed by atoms with Gasteiger partial charge in [-0.05, 0) is 53.2 Å². The van der Waals surface area contributed by atoms with Gasteiger partial charge in [0, 0.05) is 0 Å². The Labute approximate surface area is 158 Å². The zero-order valence-electron chi connectivity index (χ0n) is 15.5. The fourth-order valence-corrected chi connectivity index (χ4v) is 4.25. The molecule has 1 aromatic heterocycles. The summed E-state index contributed by atoms with van der Waals surface area (Å²) in [6.45, 7) is 6.66. The number of aromatic nitrogens is 4. The number of thioether (sulfide) groups is 1. The molecule has 2 aromatic rings. The summed E-state index contributed by atoms with van der Waals surface area (Å²) >= 11 is 1.31. The normalized spacial score (nSPS) is 23.2. The minimum atomic E-state index is -0.192. The van der Waals surface area contributed by atoms with Crippen LogP contribution in [0.4, 0.5) is 0 Å². The van der Waals surface area contributed by atoms with Crippen LogP contribution in [-0.4, -0.2) is 38.0 Å². The van der Waals surface area contributed by atoms with Crippen molar-refractivity contribution in [3.8, 4) is 5.69 Å². The fraction of sp³-hybridized carbons (Fsp3) is 0.579. The highest BCUT2D eigenvalue weighted by Crippen LogP contribution is 2.35. The van der Waals surface area contributed by atoms with Gasteiger partial charge in [-0.2, -0.15) is 4.68 Å². The third-order valence-corrected chi connectivity index (χ3v) is 5.90. The molecule has 1 fully saturated rings. The summed E-state index contributed by atoms with van der Waals surface area (Å²) in [6, 6.07) is 9.64. The number of tetrazole rings is 1. The summed E-state index contributed by atoms with van der Waals surface area (Å²) < 4.78 is 7.48. The molecule has 0 saturated heterocycles. The molecule has 0 N–H and O–H groups in total. The largest absolute Gasteiger partial charge is 0.461 e. The van der Waals surface area contributed by atoms with E-state index in [1.165, 1.54) is 18.2 Å². The molecule has 1 aromatic carbocycles. The molecule has 1 aliphatic rings. The number of esters is 1. The molecule has 0 bridgehead atoms. The van der Waals surface area contributed by atoms with Crippen LogP contribution in [0.1, 0.15) is 40.0 Å². The molecule has 1 heterocycles. The highest BCUT2D eigenvalue weighted by molar-refractivity contribution is 7.99. The van der Waals surface area contributed by atoms with E-state index in [0.717, 1.165) is 18.5 Å². The molecule has 140 valence electrons. The molecule has 6 nitrogen and oxygen atoms in total. The Balaban J connectivity index is 1.59. The molecule has 1 aliphatic carbocycles. The summed E-state index contributed by atoms with van der Waals surface area (Å²) in [6.07, 6.45) is 3.34. The molecule has 0 spiro atoms. The predicted octanol–water partition coefficient (Wildman–Crippen LogP) is 3.76. The first-order chi connectivity index (χ1) is 12.5. The van der Waals surface area contributed by atoms with Crippen molar-refractivity contribution < 1.29 is 9.53 Å². The molecule has 0 radical (unpaired) electrons. The Kier molecular flexibility index (Phi) is 6.29. The third kappa shape index (κ3) is 4.63. The number of ether oxygens (including phenoxy) is 1. The monoisotopic (exact) mass is 374 g/mol. The van der Waals surface area contributed by atoms with Gasteiger partial charge >= 0.3 is 5.97 Å². The van der Waals surface area contributed by atoms with Gasteiger partial charge in [0.2, 0.25) is 5.16 Å². The number of carbonyl (C=O) groups is 1. The standard InChI is InChI=1S/C19H26N4O2S/c1-13(2)16-10-9-14(3)11-17(16)25-18(24)12-26-19-20-21-22-23(19)15-7-5-4-6-8-15/h4-8,13-14,16-17H,9-12H2,1-3H3/t14-,16-,17-/m1/s1. The zero-order chi connectivity index (χ0) is 18.5. The van der Waals surface area contributed by atoms with Gasteiger partial charge in [-0.1, -0.05) is 57.2 Å². The van der Waals surface area contributed by atoms with Crippen LogP contribution in [0.5, 0.6) is 0 Å². The summed E-state index contributed by atoms with van der Waals surface area (Å²) in [5, 5.41) is 12.3. The van der Waals surface area contributed by atoms with Crippen molar-refractivity contribution in [3.63, 3.8) is 0 Å². The Morgan fingerprint density at radius 3 is 2.81 bits per heavy atom. The van der Waals surface area contributed by atoms with E-state index in [2.05, 4.69) is 36.3 Å². The highest BCUT2D eigenvalue weighted by atomic mass is 32.2. The molecule has 26 heavy (non-hydrogen) atoms. The molecular weight excluding hydrogens is 348 g/mol. The number of hydrogen-bond acceptors (Lipinski definition) is 6. The quantitative estimate of drug-likeness (QED) is 0.566. The van der Waals surface area contributed by atoms with Gasteiger partial charge in [0.1, 0.15) is 6.10 Å². The Bertz CT molecular complexity index is 719. The fourth-order valence-electron chi connectivity index (χ4n) is 3.58. The second kappa shape index (κ2) is 8.66. The number of hydrogen-bond donors (Lipinski definition) is 0. The van der Waals surface area contributed by atoms with Crippen LogP contribution >= 0.6 is 11.8 Å². The minimum absolute atomic E-state index is 0.0250. The lowest BCUT2D eigenvalue weighted by Gasteiger charge is -2.36. The first-order valence-corrected chi connectivity index (χ1v) is 10.2. The lowest BCUT2D eigenvalue weighted by Crippen LogP contribution is -2.36. The van der Waals surface area contributed by atoms with Crippen LogP contribution < -0.4 is 0 Å². The van der Waals surface area contributed by atoms with Gasteiger partial charge in [0.25, 0.3) is 0 Å². The van der Waals surface area contributed by atoms with Crippen molar-refractivity contribution in [2.24, 2.45) is 17.8 Å². The molecule has 0 amide bonds. The number of benzene rings is 1. The molecule has 7 heteroatoms. The van der Waals surface area contributed by atoms with Gasteiger partial charge in [-0.25, -0.2) is 0 Å².